The first-order valence-corrected chi connectivity index (χ1v) is 7.48. The molecule has 1 aromatic heterocycles. The largest absolute Gasteiger partial charge is 0.355 e. The van der Waals surface area contributed by atoms with E-state index in [0.29, 0.717) is 22.1 Å². The highest BCUT2D eigenvalue weighted by Crippen LogP contribution is 2.27. The summed E-state index contributed by atoms with van der Waals surface area (Å²) >= 11 is 0. The van der Waals surface area contributed by atoms with Gasteiger partial charge in [-0.25, -0.2) is 4.39 Å². The van der Waals surface area contributed by atoms with Crippen molar-refractivity contribution in [1.29, 1.82) is 0 Å². The summed E-state index contributed by atoms with van der Waals surface area (Å²) in [6.45, 7) is 2.01. The van der Waals surface area contributed by atoms with E-state index in [1.165, 1.54) is 13.1 Å². The highest BCUT2D eigenvalue weighted by atomic mass is 31.0. The Kier molecular flexibility index (Phi) is 3.71. The van der Waals surface area contributed by atoms with Gasteiger partial charge in [0.05, 0.1) is 5.69 Å². The summed E-state index contributed by atoms with van der Waals surface area (Å²) in [6.07, 6.45) is 0. The molecular formula is C17H16FN2OP. The van der Waals surface area contributed by atoms with Crippen LogP contribution in [0.4, 0.5) is 4.39 Å². The molecule has 0 bridgehead atoms. The van der Waals surface area contributed by atoms with Crippen LogP contribution in [0, 0.1) is 12.7 Å². The number of carbonyl (C=O) groups excluding carboxylic acids is 1. The molecule has 1 unspecified atom stereocenters. The molecule has 0 radical (unpaired) electrons. The third-order valence-electron chi connectivity index (χ3n) is 3.66. The molecule has 0 saturated carbocycles. The lowest BCUT2D eigenvalue weighted by molar-refractivity contribution is 0.0962. The maximum atomic E-state index is 14.5. The zero-order valence-electron chi connectivity index (χ0n) is 12.3. The van der Waals surface area contributed by atoms with Crippen LogP contribution in [0.5, 0.6) is 0 Å². The van der Waals surface area contributed by atoms with Crippen molar-refractivity contribution in [3.63, 3.8) is 0 Å². The van der Waals surface area contributed by atoms with Crippen LogP contribution in [0.3, 0.4) is 0 Å². The molecule has 1 amide bonds. The third kappa shape index (κ3) is 2.51. The Bertz CT molecular complexity index is 862. The second-order valence-electron chi connectivity index (χ2n) is 5.28. The van der Waals surface area contributed by atoms with E-state index >= 15 is 0 Å². The lowest BCUT2D eigenvalue weighted by Gasteiger charge is -2.08. The SMILES string of the molecule is CNC(=O)c1cc(F)c(-c2cc3ccc(C)cc3[nH]2)c(P)c1. The number of H-pyrrole nitrogens is 1. The molecule has 1 atom stereocenters. The molecule has 0 aliphatic heterocycles. The summed E-state index contributed by atoms with van der Waals surface area (Å²) in [6, 6.07) is 10.9. The number of amides is 1. The van der Waals surface area contributed by atoms with E-state index in [2.05, 4.69) is 19.5 Å². The summed E-state index contributed by atoms with van der Waals surface area (Å²) in [5, 5.41) is 4.17. The lowest BCUT2D eigenvalue weighted by Crippen LogP contribution is -2.19. The van der Waals surface area contributed by atoms with Gasteiger partial charge in [-0.1, -0.05) is 12.1 Å². The standard InChI is InChI=1S/C17H16FN2OP/c1-9-3-4-10-7-14(20-13(10)5-9)16-12(18)6-11(8-15(16)22)17(21)19-2/h3-8,20H,22H2,1-2H3,(H,19,21). The minimum atomic E-state index is -0.422. The van der Waals surface area contributed by atoms with Crippen molar-refractivity contribution in [2.75, 3.05) is 7.05 Å². The normalized spacial score (nSPS) is 10.9. The van der Waals surface area contributed by atoms with Crippen molar-refractivity contribution < 1.29 is 9.18 Å². The predicted octanol–water partition coefficient (Wildman–Crippen LogP) is 3.14. The quantitative estimate of drug-likeness (QED) is 0.701. The number of aromatic nitrogens is 1. The number of aryl methyl sites for hydroxylation is 1. The molecule has 2 N–H and O–H groups in total. The number of hydrogen-bond donors (Lipinski definition) is 2. The molecule has 3 aromatic rings. The van der Waals surface area contributed by atoms with Crippen LogP contribution in [-0.2, 0) is 0 Å². The highest BCUT2D eigenvalue weighted by molar-refractivity contribution is 7.28. The van der Waals surface area contributed by atoms with Gasteiger partial charge >= 0.3 is 0 Å². The van der Waals surface area contributed by atoms with Crippen LogP contribution in [0.1, 0.15) is 15.9 Å². The molecule has 3 nitrogen and oxygen atoms in total. The van der Waals surface area contributed by atoms with E-state index in [4.69, 9.17) is 0 Å². The van der Waals surface area contributed by atoms with Gasteiger partial charge < -0.3 is 10.3 Å². The number of halogens is 1. The average molecular weight is 314 g/mol. The molecule has 112 valence electrons. The van der Waals surface area contributed by atoms with Gasteiger partial charge in [-0.3, -0.25) is 4.79 Å². The molecule has 0 fully saturated rings. The van der Waals surface area contributed by atoms with Crippen LogP contribution < -0.4 is 10.6 Å². The van der Waals surface area contributed by atoms with Gasteiger partial charge in [0.15, 0.2) is 0 Å². The number of hydrogen-bond acceptors (Lipinski definition) is 1. The second-order valence-corrected chi connectivity index (χ2v) is 5.90. The Balaban J connectivity index is 2.15. The Morgan fingerprint density at radius 2 is 2.00 bits per heavy atom. The smallest absolute Gasteiger partial charge is 0.251 e. The molecule has 22 heavy (non-hydrogen) atoms. The molecular weight excluding hydrogens is 298 g/mol. The maximum absolute atomic E-state index is 14.5. The third-order valence-corrected chi connectivity index (χ3v) is 4.11. The molecule has 2 aromatic carbocycles. The molecule has 0 saturated heterocycles. The molecule has 0 spiro atoms. The van der Waals surface area contributed by atoms with E-state index in [1.807, 2.05) is 31.2 Å². The average Bonchev–Trinajstić information content (AvgIpc) is 2.87. The van der Waals surface area contributed by atoms with E-state index in [9.17, 15) is 9.18 Å². The summed E-state index contributed by atoms with van der Waals surface area (Å²) in [5.74, 6) is -0.726. The summed E-state index contributed by atoms with van der Waals surface area (Å²) < 4.78 is 14.5. The van der Waals surface area contributed by atoms with E-state index in [0.717, 1.165) is 16.5 Å². The van der Waals surface area contributed by atoms with Crippen molar-refractivity contribution in [2.24, 2.45) is 0 Å². The highest BCUT2D eigenvalue weighted by Gasteiger charge is 2.15. The van der Waals surface area contributed by atoms with Crippen molar-refractivity contribution in [3.05, 3.63) is 53.3 Å². The van der Waals surface area contributed by atoms with Crippen LogP contribution in [0.25, 0.3) is 22.2 Å². The van der Waals surface area contributed by atoms with E-state index in [1.54, 1.807) is 6.07 Å². The number of rotatable bonds is 2. The van der Waals surface area contributed by atoms with Crippen molar-refractivity contribution >= 4 is 31.4 Å². The first kappa shape index (κ1) is 14.7. The van der Waals surface area contributed by atoms with Gasteiger partial charge in [0.2, 0.25) is 0 Å². The van der Waals surface area contributed by atoms with Gasteiger partial charge in [0, 0.05) is 29.1 Å². The fraction of sp³-hybridized carbons (Fsp3) is 0.118. The fourth-order valence-corrected chi connectivity index (χ4v) is 3.04. The topological polar surface area (TPSA) is 44.9 Å². The maximum Gasteiger partial charge on any atom is 0.251 e. The van der Waals surface area contributed by atoms with Crippen LogP contribution in [-0.4, -0.2) is 17.9 Å². The summed E-state index contributed by atoms with van der Waals surface area (Å²) in [5.41, 5.74) is 3.58. The molecule has 1 heterocycles. The Morgan fingerprint density at radius 3 is 2.68 bits per heavy atom. The predicted molar refractivity (Wildman–Crippen MR) is 91.2 cm³/mol. The fourth-order valence-electron chi connectivity index (χ4n) is 2.56. The number of aromatic amines is 1. The Morgan fingerprint density at radius 1 is 1.23 bits per heavy atom. The number of benzene rings is 2. The zero-order chi connectivity index (χ0) is 15.9. The molecule has 0 aliphatic carbocycles. The summed E-state index contributed by atoms with van der Waals surface area (Å²) in [7, 11) is 4.02. The first-order chi connectivity index (χ1) is 10.5. The number of fused-ring (bicyclic) bond motifs is 1. The van der Waals surface area contributed by atoms with Crippen LogP contribution in [0.2, 0.25) is 0 Å². The lowest BCUT2D eigenvalue weighted by atomic mass is 10.1. The first-order valence-electron chi connectivity index (χ1n) is 6.90. The number of nitrogens with one attached hydrogen (secondary N) is 2. The van der Waals surface area contributed by atoms with Crippen molar-refractivity contribution in [3.8, 4) is 11.3 Å². The monoisotopic (exact) mass is 314 g/mol. The van der Waals surface area contributed by atoms with Gasteiger partial charge in [-0.15, -0.1) is 9.24 Å². The van der Waals surface area contributed by atoms with Gasteiger partial charge in [0.25, 0.3) is 5.91 Å². The van der Waals surface area contributed by atoms with Crippen LogP contribution in [0.15, 0.2) is 36.4 Å². The second kappa shape index (κ2) is 5.54. The van der Waals surface area contributed by atoms with Gasteiger partial charge in [0.1, 0.15) is 5.82 Å². The number of carbonyl (C=O) groups is 1. The molecule has 0 aliphatic rings. The minimum Gasteiger partial charge on any atom is -0.355 e. The van der Waals surface area contributed by atoms with Crippen LogP contribution >= 0.6 is 9.24 Å². The van der Waals surface area contributed by atoms with Gasteiger partial charge in [-0.2, -0.15) is 0 Å². The minimum absolute atomic E-state index is 0.304. The van der Waals surface area contributed by atoms with Crippen molar-refractivity contribution in [1.82, 2.24) is 10.3 Å². The van der Waals surface area contributed by atoms with Crippen molar-refractivity contribution in [2.45, 2.75) is 6.92 Å². The molecule has 3 rings (SSSR count). The van der Waals surface area contributed by atoms with Gasteiger partial charge in [-0.05, 0) is 42.1 Å². The van der Waals surface area contributed by atoms with E-state index in [-0.39, 0.29) is 5.91 Å². The Hall–Kier alpha value is -2.19. The summed E-state index contributed by atoms with van der Waals surface area (Å²) in [4.78, 5) is 14.9. The molecule has 5 heteroatoms. The zero-order valence-corrected chi connectivity index (χ0v) is 13.5. The Labute approximate surface area is 130 Å². The van der Waals surface area contributed by atoms with E-state index < -0.39 is 5.82 Å².